The Morgan fingerprint density at radius 3 is 3.06 bits per heavy atom. The van der Waals surface area contributed by atoms with Crippen molar-refractivity contribution in [2.45, 2.75) is 6.42 Å². The summed E-state index contributed by atoms with van der Waals surface area (Å²) in [6.45, 7) is 0.330. The molecule has 0 aliphatic heterocycles. The molecule has 18 heavy (non-hydrogen) atoms. The number of hydrogen-bond donors (Lipinski definition) is 2. The molecule has 1 heterocycles. The second kappa shape index (κ2) is 6.20. The van der Waals surface area contributed by atoms with Crippen LogP contribution >= 0.6 is 15.9 Å². The summed E-state index contributed by atoms with van der Waals surface area (Å²) >= 11 is 3.35. The Bertz CT molecular complexity index is 514. The molecule has 0 saturated heterocycles. The molecule has 0 aliphatic rings. The van der Waals surface area contributed by atoms with E-state index in [2.05, 4.69) is 31.4 Å². The van der Waals surface area contributed by atoms with Crippen LogP contribution in [0.5, 0.6) is 5.75 Å². The number of amides is 1. The van der Waals surface area contributed by atoms with Crippen LogP contribution in [0.25, 0.3) is 0 Å². The van der Waals surface area contributed by atoms with Gasteiger partial charge in [-0.2, -0.15) is 5.10 Å². The minimum Gasteiger partial charge on any atom is -0.493 e. The molecule has 0 aliphatic carbocycles. The van der Waals surface area contributed by atoms with Crippen LogP contribution in [0.4, 0.5) is 5.82 Å². The lowest BCUT2D eigenvalue weighted by molar-refractivity contribution is -0.116. The largest absolute Gasteiger partial charge is 0.493 e. The highest BCUT2D eigenvalue weighted by molar-refractivity contribution is 9.10. The highest BCUT2D eigenvalue weighted by Gasteiger charge is 2.03. The summed E-state index contributed by atoms with van der Waals surface area (Å²) in [4.78, 5) is 11.5. The van der Waals surface area contributed by atoms with Crippen molar-refractivity contribution in [1.82, 2.24) is 10.2 Å². The molecule has 94 valence electrons. The zero-order valence-corrected chi connectivity index (χ0v) is 11.1. The molecule has 1 amide bonds. The average Bonchev–Trinajstić information content (AvgIpc) is 2.82. The van der Waals surface area contributed by atoms with Crippen LogP contribution in [0.1, 0.15) is 6.42 Å². The molecule has 1 aromatic heterocycles. The highest BCUT2D eigenvalue weighted by Crippen LogP contribution is 2.17. The Morgan fingerprint density at radius 1 is 1.44 bits per heavy atom. The topological polar surface area (TPSA) is 67.0 Å². The first-order chi connectivity index (χ1) is 8.74. The van der Waals surface area contributed by atoms with E-state index in [1.165, 1.54) is 0 Å². The van der Waals surface area contributed by atoms with Gasteiger partial charge in [0.1, 0.15) is 11.6 Å². The first-order valence-electron chi connectivity index (χ1n) is 5.41. The predicted octanol–water partition coefficient (Wildman–Crippen LogP) is 2.58. The molecule has 0 atom stereocenters. The highest BCUT2D eigenvalue weighted by atomic mass is 79.9. The number of ether oxygens (including phenoxy) is 1. The molecule has 2 N–H and O–H groups in total. The summed E-state index contributed by atoms with van der Waals surface area (Å²) < 4.78 is 6.41. The first-order valence-corrected chi connectivity index (χ1v) is 6.21. The summed E-state index contributed by atoms with van der Waals surface area (Å²) in [5.41, 5.74) is 0. The third-order valence-electron chi connectivity index (χ3n) is 2.17. The van der Waals surface area contributed by atoms with Gasteiger partial charge in [-0.05, 0) is 18.2 Å². The minimum absolute atomic E-state index is 0.116. The van der Waals surface area contributed by atoms with Crippen LogP contribution in [-0.2, 0) is 4.79 Å². The van der Waals surface area contributed by atoms with Gasteiger partial charge in [0.05, 0.1) is 19.2 Å². The second-order valence-electron chi connectivity index (χ2n) is 3.57. The number of nitrogens with zero attached hydrogens (tertiary/aromatic N) is 1. The van der Waals surface area contributed by atoms with Gasteiger partial charge in [-0.25, -0.2) is 0 Å². The molecule has 2 aromatic rings. The number of rotatable bonds is 5. The maximum atomic E-state index is 11.5. The maximum absolute atomic E-state index is 11.5. The maximum Gasteiger partial charge on any atom is 0.228 e. The molecule has 6 heteroatoms. The van der Waals surface area contributed by atoms with Crippen LogP contribution in [-0.4, -0.2) is 22.7 Å². The minimum atomic E-state index is -0.116. The van der Waals surface area contributed by atoms with Crippen molar-refractivity contribution >= 4 is 27.7 Å². The molecule has 0 unspecified atom stereocenters. The lowest BCUT2D eigenvalue weighted by Gasteiger charge is -2.06. The number of carbonyl (C=O) groups excluding carboxylic acids is 1. The third-order valence-corrected chi connectivity index (χ3v) is 2.66. The lowest BCUT2D eigenvalue weighted by atomic mass is 10.3. The predicted molar refractivity (Wildman–Crippen MR) is 71.5 cm³/mol. The molecule has 2 rings (SSSR count). The lowest BCUT2D eigenvalue weighted by Crippen LogP contribution is -2.15. The average molecular weight is 310 g/mol. The molecular formula is C12H12BrN3O2. The number of aromatic amines is 1. The van der Waals surface area contributed by atoms with Gasteiger partial charge < -0.3 is 10.1 Å². The number of benzene rings is 1. The summed E-state index contributed by atoms with van der Waals surface area (Å²) in [7, 11) is 0. The number of aromatic nitrogens is 2. The Morgan fingerprint density at radius 2 is 2.33 bits per heavy atom. The molecule has 0 radical (unpaired) electrons. The fourth-order valence-electron chi connectivity index (χ4n) is 1.36. The van der Waals surface area contributed by atoms with E-state index in [1.54, 1.807) is 12.3 Å². The Kier molecular flexibility index (Phi) is 4.35. The molecular weight excluding hydrogens is 298 g/mol. The number of hydrogen-bond acceptors (Lipinski definition) is 3. The zero-order valence-electron chi connectivity index (χ0n) is 9.52. The standard InChI is InChI=1S/C12H12BrN3O2/c13-9-2-1-3-10(8-9)18-7-5-12(17)15-11-4-6-14-16-11/h1-4,6,8H,5,7H2,(H2,14,15,16,17). The van der Waals surface area contributed by atoms with Crippen LogP contribution in [0.15, 0.2) is 41.0 Å². The molecule has 5 nitrogen and oxygen atoms in total. The summed E-state index contributed by atoms with van der Waals surface area (Å²) in [5, 5.41) is 9.06. The van der Waals surface area contributed by atoms with Crippen LogP contribution in [0.3, 0.4) is 0 Å². The van der Waals surface area contributed by atoms with Crippen molar-refractivity contribution in [3.05, 3.63) is 41.0 Å². The van der Waals surface area contributed by atoms with Gasteiger partial charge in [0.15, 0.2) is 0 Å². The van der Waals surface area contributed by atoms with E-state index in [9.17, 15) is 4.79 Å². The Labute approximate surface area is 113 Å². The van der Waals surface area contributed by atoms with Gasteiger partial charge in [0.2, 0.25) is 5.91 Å². The number of H-pyrrole nitrogens is 1. The van der Waals surface area contributed by atoms with E-state index < -0.39 is 0 Å². The van der Waals surface area contributed by atoms with E-state index in [1.807, 2.05) is 24.3 Å². The van der Waals surface area contributed by atoms with Crippen molar-refractivity contribution in [3.63, 3.8) is 0 Å². The number of nitrogens with one attached hydrogen (secondary N) is 2. The van der Waals surface area contributed by atoms with Crippen molar-refractivity contribution in [2.24, 2.45) is 0 Å². The van der Waals surface area contributed by atoms with Gasteiger partial charge in [-0.1, -0.05) is 22.0 Å². The number of carbonyl (C=O) groups is 1. The molecule has 0 spiro atoms. The third kappa shape index (κ3) is 3.89. The second-order valence-corrected chi connectivity index (χ2v) is 4.49. The van der Waals surface area contributed by atoms with Crippen LogP contribution in [0.2, 0.25) is 0 Å². The van der Waals surface area contributed by atoms with E-state index in [4.69, 9.17) is 4.74 Å². The zero-order chi connectivity index (χ0) is 12.8. The van der Waals surface area contributed by atoms with E-state index in [-0.39, 0.29) is 12.3 Å². The SMILES string of the molecule is O=C(CCOc1cccc(Br)c1)Nc1ccn[nH]1. The summed E-state index contributed by atoms with van der Waals surface area (Å²) in [6.07, 6.45) is 1.86. The van der Waals surface area contributed by atoms with Gasteiger partial charge in [-0.3, -0.25) is 9.89 Å². The first kappa shape index (κ1) is 12.6. The van der Waals surface area contributed by atoms with Crippen molar-refractivity contribution < 1.29 is 9.53 Å². The fourth-order valence-corrected chi connectivity index (χ4v) is 1.73. The van der Waals surface area contributed by atoms with E-state index in [0.717, 1.165) is 10.2 Å². The summed E-state index contributed by atoms with van der Waals surface area (Å²) in [5.74, 6) is 1.20. The quantitative estimate of drug-likeness (QED) is 0.892. The van der Waals surface area contributed by atoms with Gasteiger partial charge in [-0.15, -0.1) is 0 Å². The molecule has 1 aromatic carbocycles. The smallest absolute Gasteiger partial charge is 0.228 e. The van der Waals surface area contributed by atoms with Gasteiger partial charge in [0, 0.05) is 10.5 Å². The van der Waals surface area contributed by atoms with Gasteiger partial charge in [0.25, 0.3) is 0 Å². The Balaban J connectivity index is 1.73. The van der Waals surface area contributed by atoms with E-state index in [0.29, 0.717) is 12.4 Å². The number of halogens is 1. The van der Waals surface area contributed by atoms with Crippen molar-refractivity contribution in [3.8, 4) is 5.75 Å². The fraction of sp³-hybridized carbons (Fsp3) is 0.167. The molecule has 0 fully saturated rings. The molecule has 0 saturated carbocycles. The number of anilines is 1. The van der Waals surface area contributed by atoms with Crippen LogP contribution < -0.4 is 10.1 Å². The summed E-state index contributed by atoms with van der Waals surface area (Å²) in [6, 6.07) is 9.18. The Hall–Kier alpha value is -1.82. The van der Waals surface area contributed by atoms with Crippen molar-refractivity contribution in [1.29, 1.82) is 0 Å². The van der Waals surface area contributed by atoms with E-state index >= 15 is 0 Å². The normalized spacial score (nSPS) is 10.1. The monoisotopic (exact) mass is 309 g/mol. The van der Waals surface area contributed by atoms with Gasteiger partial charge >= 0.3 is 0 Å². The van der Waals surface area contributed by atoms with Crippen molar-refractivity contribution in [2.75, 3.05) is 11.9 Å². The molecule has 0 bridgehead atoms. The van der Waals surface area contributed by atoms with Crippen LogP contribution in [0, 0.1) is 0 Å².